The van der Waals surface area contributed by atoms with Gasteiger partial charge in [-0.2, -0.15) is 0 Å². The maximum absolute atomic E-state index is 11.0. The first-order valence-corrected chi connectivity index (χ1v) is 6.31. The first-order valence-electron chi connectivity index (χ1n) is 6.31. The van der Waals surface area contributed by atoms with E-state index in [9.17, 15) is 4.79 Å². The Kier molecular flexibility index (Phi) is 2.40. The van der Waals surface area contributed by atoms with Gasteiger partial charge in [-0.25, -0.2) is 4.98 Å². The molecule has 1 fully saturated rings. The summed E-state index contributed by atoms with van der Waals surface area (Å²) in [5.74, 6) is 0.0831. The van der Waals surface area contributed by atoms with Crippen LogP contribution in [0.3, 0.4) is 0 Å². The van der Waals surface area contributed by atoms with Crippen LogP contribution in [0.1, 0.15) is 30.7 Å². The molecular formula is C14H16N2O2. The molecule has 3 rings (SSSR count). The molecule has 1 aliphatic carbocycles. The number of aliphatic carboxylic acids is 1. The molecule has 2 aromatic rings. The lowest BCUT2D eigenvalue weighted by molar-refractivity contribution is -0.138. The zero-order valence-electron chi connectivity index (χ0n) is 10.6. The van der Waals surface area contributed by atoms with E-state index in [1.54, 1.807) is 0 Å². The van der Waals surface area contributed by atoms with Gasteiger partial charge in [0.25, 0.3) is 0 Å². The minimum Gasteiger partial charge on any atom is -0.481 e. The molecule has 0 amide bonds. The van der Waals surface area contributed by atoms with Crippen LogP contribution in [-0.4, -0.2) is 20.6 Å². The van der Waals surface area contributed by atoms with E-state index < -0.39 is 5.97 Å². The predicted molar refractivity (Wildman–Crippen MR) is 68.6 cm³/mol. The van der Waals surface area contributed by atoms with Crippen molar-refractivity contribution in [2.75, 3.05) is 0 Å². The fraction of sp³-hybridized carbons (Fsp3) is 0.429. The van der Waals surface area contributed by atoms with Gasteiger partial charge >= 0.3 is 5.97 Å². The van der Waals surface area contributed by atoms with Gasteiger partial charge in [0.15, 0.2) is 0 Å². The molecule has 1 aromatic carbocycles. The van der Waals surface area contributed by atoms with Crippen LogP contribution in [0.5, 0.6) is 0 Å². The minimum absolute atomic E-state index is 0.0927. The molecule has 0 radical (unpaired) electrons. The second-order valence-corrected chi connectivity index (χ2v) is 4.99. The number of aryl methyl sites for hydroxylation is 2. The summed E-state index contributed by atoms with van der Waals surface area (Å²) in [5.41, 5.74) is 3.26. The fourth-order valence-corrected chi connectivity index (χ4v) is 2.63. The third-order valence-corrected chi connectivity index (χ3v) is 3.69. The van der Waals surface area contributed by atoms with Crippen LogP contribution in [-0.2, 0) is 11.3 Å². The van der Waals surface area contributed by atoms with Crippen molar-refractivity contribution in [3.8, 4) is 0 Å². The van der Waals surface area contributed by atoms with Gasteiger partial charge in [0.05, 0.1) is 17.0 Å². The Bertz CT molecular complexity index is 630. The molecule has 0 saturated heterocycles. The number of nitrogens with zero attached hydrogens (tertiary/aromatic N) is 2. The summed E-state index contributed by atoms with van der Waals surface area (Å²) in [6.45, 7) is 4.95. The molecule has 1 aliphatic rings. The third kappa shape index (κ3) is 1.60. The van der Waals surface area contributed by atoms with Crippen LogP contribution < -0.4 is 0 Å². The van der Waals surface area contributed by atoms with E-state index in [1.807, 2.05) is 6.92 Å². The minimum atomic E-state index is -0.703. The Morgan fingerprint density at radius 3 is 2.94 bits per heavy atom. The van der Waals surface area contributed by atoms with Gasteiger partial charge in [0.1, 0.15) is 5.82 Å². The molecule has 1 heterocycles. The SMILES string of the molecule is CCn1c(C2CC2C(=O)O)nc2cc(C)ccc21. The van der Waals surface area contributed by atoms with Crippen LogP contribution in [0.4, 0.5) is 0 Å². The van der Waals surface area contributed by atoms with Gasteiger partial charge in [0, 0.05) is 12.5 Å². The predicted octanol–water partition coefficient (Wildman–Crippen LogP) is 2.55. The van der Waals surface area contributed by atoms with Crippen LogP contribution in [0, 0.1) is 12.8 Å². The van der Waals surface area contributed by atoms with E-state index in [4.69, 9.17) is 5.11 Å². The molecule has 18 heavy (non-hydrogen) atoms. The molecule has 1 N–H and O–H groups in total. The largest absolute Gasteiger partial charge is 0.481 e. The molecular weight excluding hydrogens is 228 g/mol. The van der Waals surface area contributed by atoms with Gasteiger partial charge < -0.3 is 9.67 Å². The molecule has 0 spiro atoms. The molecule has 1 aromatic heterocycles. The zero-order chi connectivity index (χ0) is 12.9. The van der Waals surface area contributed by atoms with Crippen molar-refractivity contribution < 1.29 is 9.90 Å². The normalized spacial score (nSPS) is 22.3. The Hall–Kier alpha value is -1.84. The van der Waals surface area contributed by atoms with Gasteiger partial charge in [-0.05, 0) is 38.0 Å². The number of hydrogen-bond donors (Lipinski definition) is 1. The number of fused-ring (bicyclic) bond motifs is 1. The summed E-state index contributed by atoms with van der Waals surface area (Å²) in [4.78, 5) is 15.6. The Morgan fingerprint density at radius 2 is 2.33 bits per heavy atom. The fourth-order valence-electron chi connectivity index (χ4n) is 2.63. The summed E-state index contributed by atoms with van der Waals surface area (Å²) in [6.07, 6.45) is 0.720. The highest BCUT2D eigenvalue weighted by molar-refractivity contribution is 5.79. The van der Waals surface area contributed by atoms with E-state index in [2.05, 4.69) is 34.7 Å². The van der Waals surface area contributed by atoms with Gasteiger partial charge in [-0.1, -0.05) is 6.07 Å². The highest BCUT2D eigenvalue weighted by Crippen LogP contribution is 2.47. The Balaban J connectivity index is 2.09. The standard InChI is InChI=1S/C14H16N2O2/c1-3-16-12-5-4-8(2)6-11(12)15-13(16)9-7-10(9)14(17)18/h4-6,9-10H,3,7H2,1-2H3,(H,17,18). The smallest absolute Gasteiger partial charge is 0.307 e. The van der Waals surface area contributed by atoms with Crippen molar-refractivity contribution in [1.82, 2.24) is 9.55 Å². The quantitative estimate of drug-likeness (QED) is 0.902. The van der Waals surface area contributed by atoms with E-state index in [0.717, 1.165) is 29.8 Å². The van der Waals surface area contributed by atoms with Crippen LogP contribution in [0.15, 0.2) is 18.2 Å². The monoisotopic (exact) mass is 244 g/mol. The number of carboxylic acids is 1. The summed E-state index contributed by atoms with van der Waals surface area (Å²) in [5, 5.41) is 9.03. The lowest BCUT2D eigenvalue weighted by Gasteiger charge is -2.04. The van der Waals surface area contributed by atoms with Crippen molar-refractivity contribution in [3.05, 3.63) is 29.6 Å². The molecule has 0 aliphatic heterocycles. The first-order chi connectivity index (χ1) is 8.61. The summed E-state index contributed by atoms with van der Waals surface area (Å²) in [6, 6.07) is 6.20. The highest BCUT2D eigenvalue weighted by atomic mass is 16.4. The van der Waals surface area contributed by atoms with Crippen LogP contribution in [0.25, 0.3) is 11.0 Å². The van der Waals surface area contributed by atoms with Gasteiger partial charge in [-0.15, -0.1) is 0 Å². The lowest BCUT2D eigenvalue weighted by Crippen LogP contribution is -2.04. The molecule has 94 valence electrons. The number of carboxylic acid groups (broad SMARTS) is 1. The maximum atomic E-state index is 11.0. The summed E-state index contributed by atoms with van der Waals surface area (Å²) < 4.78 is 2.14. The highest BCUT2D eigenvalue weighted by Gasteiger charge is 2.47. The number of aromatic nitrogens is 2. The van der Waals surface area contributed by atoms with Crippen molar-refractivity contribution in [1.29, 1.82) is 0 Å². The Morgan fingerprint density at radius 1 is 1.56 bits per heavy atom. The number of carbonyl (C=O) groups is 1. The number of benzene rings is 1. The Labute approximate surface area is 105 Å². The second-order valence-electron chi connectivity index (χ2n) is 4.99. The van der Waals surface area contributed by atoms with Crippen molar-refractivity contribution in [2.24, 2.45) is 5.92 Å². The average molecular weight is 244 g/mol. The molecule has 2 atom stereocenters. The zero-order valence-corrected chi connectivity index (χ0v) is 10.6. The lowest BCUT2D eigenvalue weighted by atomic mass is 10.2. The van der Waals surface area contributed by atoms with Gasteiger partial charge in [0.2, 0.25) is 0 Å². The topological polar surface area (TPSA) is 55.1 Å². The summed E-state index contributed by atoms with van der Waals surface area (Å²) in [7, 11) is 0. The first kappa shape index (κ1) is 11.3. The molecule has 0 bridgehead atoms. The molecule has 4 heteroatoms. The van der Waals surface area contributed by atoms with Crippen LogP contribution in [0.2, 0.25) is 0 Å². The number of rotatable bonds is 3. The van der Waals surface area contributed by atoms with E-state index in [1.165, 1.54) is 5.56 Å². The van der Waals surface area contributed by atoms with E-state index >= 15 is 0 Å². The van der Waals surface area contributed by atoms with Crippen molar-refractivity contribution in [2.45, 2.75) is 32.7 Å². The average Bonchev–Trinajstić information content (AvgIpc) is 3.04. The number of imidazole rings is 1. The van der Waals surface area contributed by atoms with E-state index in [-0.39, 0.29) is 11.8 Å². The maximum Gasteiger partial charge on any atom is 0.307 e. The second kappa shape index (κ2) is 3.83. The third-order valence-electron chi connectivity index (χ3n) is 3.69. The molecule has 2 unspecified atom stereocenters. The molecule has 1 saturated carbocycles. The number of hydrogen-bond acceptors (Lipinski definition) is 2. The van der Waals surface area contributed by atoms with Gasteiger partial charge in [-0.3, -0.25) is 4.79 Å². The van der Waals surface area contributed by atoms with Crippen molar-refractivity contribution in [3.63, 3.8) is 0 Å². The van der Waals surface area contributed by atoms with E-state index in [0.29, 0.717) is 0 Å². The molecule has 4 nitrogen and oxygen atoms in total. The van der Waals surface area contributed by atoms with Crippen molar-refractivity contribution >= 4 is 17.0 Å². The van der Waals surface area contributed by atoms with Crippen LogP contribution >= 0.6 is 0 Å². The summed E-state index contributed by atoms with van der Waals surface area (Å²) >= 11 is 0.